The van der Waals surface area contributed by atoms with Crippen molar-refractivity contribution in [3.05, 3.63) is 70.8 Å². The molecule has 0 saturated heterocycles. The molecular formula is C20H24N2O3. The number of carbonyl (C=O) groups is 2. The fourth-order valence-electron chi connectivity index (χ4n) is 2.50. The van der Waals surface area contributed by atoms with Gasteiger partial charge in [0.1, 0.15) is 0 Å². The highest BCUT2D eigenvalue weighted by Gasteiger charge is 2.17. The van der Waals surface area contributed by atoms with Crippen molar-refractivity contribution in [2.24, 2.45) is 0 Å². The Balaban J connectivity index is 1.85. The van der Waals surface area contributed by atoms with Crippen LogP contribution >= 0.6 is 0 Å². The number of rotatable bonds is 6. The summed E-state index contributed by atoms with van der Waals surface area (Å²) in [5.41, 5.74) is 4.16. The predicted octanol–water partition coefficient (Wildman–Crippen LogP) is 2.42. The molecule has 2 amide bonds. The SMILES string of the molecule is COC(CNC(=O)C(=O)NCc1ccc(C)cc1)c1ccccc1C. The van der Waals surface area contributed by atoms with Gasteiger partial charge in [0, 0.05) is 20.2 Å². The molecule has 0 spiro atoms. The number of aryl methyl sites for hydroxylation is 2. The number of hydrogen-bond donors (Lipinski definition) is 2. The van der Waals surface area contributed by atoms with E-state index in [0.29, 0.717) is 6.54 Å². The molecule has 0 fully saturated rings. The van der Waals surface area contributed by atoms with Gasteiger partial charge in [0.2, 0.25) is 0 Å². The Bertz CT molecular complexity index is 726. The van der Waals surface area contributed by atoms with Gasteiger partial charge in [-0.1, -0.05) is 54.1 Å². The number of hydrogen-bond acceptors (Lipinski definition) is 3. The normalized spacial score (nSPS) is 11.6. The summed E-state index contributed by atoms with van der Waals surface area (Å²) in [6, 6.07) is 15.6. The van der Waals surface area contributed by atoms with Crippen molar-refractivity contribution in [2.45, 2.75) is 26.5 Å². The maximum absolute atomic E-state index is 12.0. The Kier molecular flexibility index (Phi) is 6.71. The highest BCUT2D eigenvalue weighted by Crippen LogP contribution is 2.19. The van der Waals surface area contributed by atoms with Crippen LogP contribution in [0.4, 0.5) is 0 Å². The maximum atomic E-state index is 12.0. The molecule has 0 heterocycles. The second kappa shape index (κ2) is 8.99. The molecule has 5 heteroatoms. The molecule has 1 atom stereocenters. The minimum atomic E-state index is -0.664. The zero-order chi connectivity index (χ0) is 18.2. The lowest BCUT2D eigenvalue weighted by molar-refractivity contribution is -0.139. The van der Waals surface area contributed by atoms with Gasteiger partial charge in [-0.25, -0.2) is 0 Å². The molecule has 0 bridgehead atoms. The van der Waals surface area contributed by atoms with Crippen LogP contribution in [0.25, 0.3) is 0 Å². The van der Waals surface area contributed by atoms with Crippen LogP contribution < -0.4 is 10.6 Å². The van der Waals surface area contributed by atoms with Crippen LogP contribution in [0.3, 0.4) is 0 Å². The van der Waals surface area contributed by atoms with Gasteiger partial charge in [0.25, 0.3) is 0 Å². The fraction of sp³-hybridized carbons (Fsp3) is 0.300. The number of amides is 2. The monoisotopic (exact) mass is 340 g/mol. The fourth-order valence-corrected chi connectivity index (χ4v) is 2.50. The molecule has 2 aromatic rings. The van der Waals surface area contributed by atoms with Gasteiger partial charge < -0.3 is 15.4 Å². The number of ether oxygens (including phenoxy) is 1. The molecule has 5 nitrogen and oxygen atoms in total. The summed E-state index contributed by atoms with van der Waals surface area (Å²) < 4.78 is 5.44. The van der Waals surface area contributed by atoms with Gasteiger partial charge >= 0.3 is 11.8 Å². The van der Waals surface area contributed by atoms with Gasteiger partial charge in [0.05, 0.1) is 6.10 Å². The van der Waals surface area contributed by atoms with Crippen LogP contribution in [0.2, 0.25) is 0 Å². The Morgan fingerprint density at radius 2 is 1.60 bits per heavy atom. The zero-order valence-corrected chi connectivity index (χ0v) is 14.8. The van der Waals surface area contributed by atoms with Crippen LogP contribution in [0.1, 0.15) is 28.4 Å². The highest BCUT2D eigenvalue weighted by molar-refractivity contribution is 6.35. The molecule has 0 saturated carbocycles. The van der Waals surface area contributed by atoms with Gasteiger partial charge in [-0.15, -0.1) is 0 Å². The average molecular weight is 340 g/mol. The number of methoxy groups -OCH3 is 1. The van der Waals surface area contributed by atoms with Gasteiger partial charge in [0.15, 0.2) is 0 Å². The van der Waals surface area contributed by atoms with E-state index in [-0.39, 0.29) is 12.6 Å². The van der Waals surface area contributed by atoms with Crippen molar-refractivity contribution in [1.82, 2.24) is 10.6 Å². The van der Waals surface area contributed by atoms with Crippen LogP contribution in [-0.4, -0.2) is 25.5 Å². The van der Waals surface area contributed by atoms with Crippen molar-refractivity contribution in [1.29, 1.82) is 0 Å². The molecule has 25 heavy (non-hydrogen) atoms. The summed E-state index contributed by atoms with van der Waals surface area (Å²) in [6.07, 6.45) is -0.296. The molecule has 2 rings (SSSR count). The van der Waals surface area contributed by atoms with E-state index in [1.54, 1.807) is 7.11 Å². The molecule has 1 unspecified atom stereocenters. The van der Waals surface area contributed by atoms with E-state index in [4.69, 9.17) is 4.74 Å². The Morgan fingerprint density at radius 1 is 0.960 bits per heavy atom. The van der Waals surface area contributed by atoms with Crippen LogP contribution in [0.5, 0.6) is 0 Å². The first-order valence-electron chi connectivity index (χ1n) is 8.21. The first-order chi connectivity index (χ1) is 12.0. The first kappa shape index (κ1) is 18.7. The Labute approximate surface area is 148 Å². The molecule has 2 N–H and O–H groups in total. The van der Waals surface area contributed by atoms with Crippen molar-refractivity contribution >= 4 is 11.8 Å². The molecule has 2 aromatic carbocycles. The summed E-state index contributed by atoms with van der Waals surface area (Å²) >= 11 is 0. The third-order valence-electron chi connectivity index (χ3n) is 4.05. The van der Waals surface area contributed by atoms with E-state index < -0.39 is 11.8 Å². The van der Waals surface area contributed by atoms with E-state index in [2.05, 4.69) is 10.6 Å². The van der Waals surface area contributed by atoms with Crippen LogP contribution in [0.15, 0.2) is 48.5 Å². The van der Waals surface area contributed by atoms with Crippen molar-refractivity contribution in [3.8, 4) is 0 Å². The largest absolute Gasteiger partial charge is 0.375 e. The van der Waals surface area contributed by atoms with Crippen LogP contribution in [-0.2, 0) is 20.9 Å². The lowest BCUT2D eigenvalue weighted by Gasteiger charge is -2.18. The molecule has 132 valence electrons. The van der Waals surface area contributed by atoms with Crippen molar-refractivity contribution in [2.75, 3.05) is 13.7 Å². The van der Waals surface area contributed by atoms with E-state index in [1.807, 2.05) is 62.4 Å². The van der Waals surface area contributed by atoms with Gasteiger partial charge in [-0.2, -0.15) is 0 Å². The summed E-state index contributed by atoms with van der Waals surface area (Å²) in [5.74, 6) is -1.32. The number of nitrogens with one attached hydrogen (secondary N) is 2. The number of carbonyl (C=O) groups excluding carboxylic acids is 2. The quantitative estimate of drug-likeness (QED) is 0.794. The predicted molar refractivity (Wildman–Crippen MR) is 97.0 cm³/mol. The third-order valence-corrected chi connectivity index (χ3v) is 4.05. The topological polar surface area (TPSA) is 67.4 Å². The van der Waals surface area contributed by atoms with Crippen molar-refractivity contribution in [3.63, 3.8) is 0 Å². The second-order valence-electron chi connectivity index (χ2n) is 5.96. The van der Waals surface area contributed by atoms with Gasteiger partial charge in [-0.3, -0.25) is 9.59 Å². The van der Waals surface area contributed by atoms with Gasteiger partial charge in [-0.05, 0) is 30.5 Å². The Morgan fingerprint density at radius 3 is 2.24 bits per heavy atom. The van der Waals surface area contributed by atoms with E-state index in [9.17, 15) is 9.59 Å². The van der Waals surface area contributed by atoms with E-state index in [1.165, 1.54) is 0 Å². The minimum Gasteiger partial charge on any atom is -0.375 e. The first-order valence-corrected chi connectivity index (χ1v) is 8.21. The highest BCUT2D eigenvalue weighted by atomic mass is 16.5. The summed E-state index contributed by atoms with van der Waals surface area (Å²) in [4.78, 5) is 23.9. The van der Waals surface area contributed by atoms with E-state index in [0.717, 1.165) is 22.3 Å². The molecule has 0 aliphatic heterocycles. The smallest absolute Gasteiger partial charge is 0.309 e. The standard InChI is InChI=1S/C20H24N2O3/c1-14-8-10-16(11-9-14)12-21-19(23)20(24)22-13-18(25-3)17-7-5-4-6-15(17)2/h4-11,18H,12-13H2,1-3H3,(H,21,23)(H,22,24). The molecule has 0 aliphatic carbocycles. The Hall–Kier alpha value is -2.66. The summed E-state index contributed by atoms with van der Waals surface area (Å²) in [7, 11) is 1.58. The average Bonchev–Trinajstić information content (AvgIpc) is 2.62. The van der Waals surface area contributed by atoms with Crippen molar-refractivity contribution < 1.29 is 14.3 Å². The lowest BCUT2D eigenvalue weighted by atomic mass is 10.0. The zero-order valence-electron chi connectivity index (χ0n) is 14.8. The minimum absolute atomic E-state index is 0.234. The molecule has 0 radical (unpaired) electrons. The number of benzene rings is 2. The summed E-state index contributed by atoms with van der Waals surface area (Å²) in [5, 5.41) is 5.25. The van der Waals surface area contributed by atoms with E-state index >= 15 is 0 Å². The lowest BCUT2D eigenvalue weighted by Crippen LogP contribution is -2.41. The summed E-state index contributed by atoms with van der Waals surface area (Å²) in [6.45, 7) is 4.53. The van der Waals surface area contributed by atoms with Crippen LogP contribution in [0, 0.1) is 13.8 Å². The maximum Gasteiger partial charge on any atom is 0.309 e. The second-order valence-corrected chi connectivity index (χ2v) is 5.96. The molecule has 0 aliphatic rings. The molecular weight excluding hydrogens is 316 g/mol. The third kappa shape index (κ3) is 5.43. The molecule has 0 aromatic heterocycles.